The van der Waals surface area contributed by atoms with Crippen molar-refractivity contribution < 1.29 is 9.84 Å². The summed E-state index contributed by atoms with van der Waals surface area (Å²) in [4.78, 5) is 0. The summed E-state index contributed by atoms with van der Waals surface area (Å²) in [6.45, 7) is 3.02. The fourth-order valence-electron chi connectivity index (χ4n) is 2.69. The highest BCUT2D eigenvalue weighted by Crippen LogP contribution is 2.29. The highest BCUT2D eigenvalue weighted by Gasteiger charge is 2.17. The maximum Gasteiger partial charge on any atom is 0.119 e. The van der Waals surface area contributed by atoms with Gasteiger partial charge >= 0.3 is 0 Å². The summed E-state index contributed by atoms with van der Waals surface area (Å²) in [5, 5.41) is 9.14. The summed E-state index contributed by atoms with van der Waals surface area (Å²) >= 11 is 0. The summed E-state index contributed by atoms with van der Waals surface area (Å²) < 4.78 is 5.83. The monoisotopic (exact) mass is 289 g/mol. The molecule has 1 aliphatic rings. The number of hydrogen-bond donors (Lipinski definition) is 2. The molecular weight excluding hydrogens is 262 g/mol. The molecule has 0 bridgehead atoms. The van der Waals surface area contributed by atoms with Gasteiger partial charge in [-0.05, 0) is 41.7 Å². The van der Waals surface area contributed by atoms with Crippen LogP contribution in [0.5, 0.6) is 5.75 Å². The van der Waals surface area contributed by atoms with Crippen LogP contribution in [-0.2, 0) is 6.42 Å². The summed E-state index contributed by atoms with van der Waals surface area (Å²) in [6.07, 6.45) is 9.17. The van der Waals surface area contributed by atoms with E-state index in [1.807, 2.05) is 6.07 Å². The van der Waals surface area contributed by atoms with E-state index in [1.165, 1.54) is 36.8 Å². The Labute approximate surface area is 127 Å². The quantitative estimate of drug-likeness (QED) is 0.686. The van der Waals surface area contributed by atoms with E-state index in [0.29, 0.717) is 0 Å². The van der Waals surface area contributed by atoms with E-state index in [0.717, 1.165) is 30.8 Å². The van der Waals surface area contributed by atoms with Gasteiger partial charge in [0.1, 0.15) is 5.75 Å². The Balaban J connectivity index is 1.80. The molecule has 1 aromatic rings. The molecule has 2 rings (SSSR count). The van der Waals surface area contributed by atoms with Crippen molar-refractivity contribution in [1.82, 2.24) is 0 Å². The molecule has 0 radical (unpaired) electrons. The van der Waals surface area contributed by atoms with Gasteiger partial charge in [-0.25, -0.2) is 0 Å². The number of unbranched alkanes of at least 4 members (excludes halogenated alkanes) is 4. The van der Waals surface area contributed by atoms with Gasteiger partial charge in [0.05, 0.1) is 13.2 Å². The average molecular weight is 289 g/mol. The molecule has 21 heavy (non-hydrogen) atoms. The fraction of sp³-hybridized carbons (Fsp3) is 0.556. The molecule has 0 heterocycles. The maximum atomic E-state index is 9.14. The first kappa shape index (κ1) is 16.1. The first-order valence-electron chi connectivity index (χ1n) is 8.07. The SMILES string of the molecule is CCCCCCCOc1ccc2c(c1)CC([C@@H](N)CO)=C2. The highest BCUT2D eigenvalue weighted by atomic mass is 16.5. The van der Waals surface area contributed by atoms with E-state index in [1.54, 1.807) is 0 Å². The minimum absolute atomic E-state index is 0.000932. The third-order valence-corrected chi connectivity index (χ3v) is 4.04. The molecule has 0 amide bonds. The average Bonchev–Trinajstić information content (AvgIpc) is 2.93. The second kappa shape index (κ2) is 8.20. The van der Waals surface area contributed by atoms with Crippen molar-refractivity contribution in [2.45, 2.75) is 51.5 Å². The van der Waals surface area contributed by atoms with Gasteiger partial charge in [-0.15, -0.1) is 0 Å². The van der Waals surface area contributed by atoms with Gasteiger partial charge in [-0.1, -0.05) is 44.7 Å². The molecule has 3 N–H and O–H groups in total. The van der Waals surface area contributed by atoms with Crippen molar-refractivity contribution >= 4 is 6.08 Å². The molecule has 0 saturated heterocycles. The number of rotatable bonds is 9. The van der Waals surface area contributed by atoms with Crippen LogP contribution in [0, 0.1) is 0 Å². The van der Waals surface area contributed by atoms with Crippen molar-refractivity contribution in [1.29, 1.82) is 0 Å². The van der Waals surface area contributed by atoms with Crippen LogP contribution in [0.1, 0.15) is 50.2 Å². The van der Waals surface area contributed by atoms with Gasteiger partial charge in [-0.2, -0.15) is 0 Å². The number of fused-ring (bicyclic) bond motifs is 1. The molecule has 0 aliphatic heterocycles. The van der Waals surface area contributed by atoms with Crippen LogP contribution in [0.15, 0.2) is 23.8 Å². The Morgan fingerprint density at radius 1 is 1.24 bits per heavy atom. The Hall–Kier alpha value is -1.32. The third kappa shape index (κ3) is 4.58. The van der Waals surface area contributed by atoms with Crippen LogP contribution in [-0.4, -0.2) is 24.4 Å². The van der Waals surface area contributed by atoms with E-state index in [9.17, 15) is 0 Å². The Bertz CT molecular complexity index is 482. The molecule has 1 aliphatic carbocycles. The summed E-state index contributed by atoms with van der Waals surface area (Å²) in [7, 11) is 0. The number of benzene rings is 1. The largest absolute Gasteiger partial charge is 0.494 e. The van der Waals surface area contributed by atoms with Gasteiger partial charge in [-0.3, -0.25) is 0 Å². The molecule has 1 atom stereocenters. The number of ether oxygens (including phenoxy) is 1. The molecule has 0 spiro atoms. The first-order valence-corrected chi connectivity index (χ1v) is 8.07. The molecular formula is C18H27NO2. The molecule has 0 aromatic heterocycles. The molecule has 116 valence electrons. The normalized spacial score (nSPS) is 14.7. The van der Waals surface area contributed by atoms with E-state index < -0.39 is 0 Å². The van der Waals surface area contributed by atoms with Crippen molar-refractivity contribution in [2.75, 3.05) is 13.2 Å². The van der Waals surface area contributed by atoms with Crippen molar-refractivity contribution in [3.63, 3.8) is 0 Å². The first-order chi connectivity index (χ1) is 10.2. The van der Waals surface area contributed by atoms with Crippen LogP contribution in [0.3, 0.4) is 0 Å². The van der Waals surface area contributed by atoms with Crippen molar-refractivity contribution in [3.8, 4) is 5.75 Å². The van der Waals surface area contributed by atoms with Crippen LogP contribution in [0.4, 0.5) is 0 Å². The second-order valence-corrected chi connectivity index (χ2v) is 5.81. The molecule has 3 heteroatoms. The summed E-state index contributed by atoms with van der Waals surface area (Å²) in [5.41, 5.74) is 9.43. The number of nitrogens with two attached hydrogens (primary N) is 1. The Kier molecular flexibility index (Phi) is 6.27. The van der Waals surface area contributed by atoms with Gasteiger partial charge in [0.15, 0.2) is 0 Å². The smallest absolute Gasteiger partial charge is 0.119 e. The second-order valence-electron chi connectivity index (χ2n) is 5.81. The molecule has 0 unspecified atom stereocenters. The molecule has 0 fully saturated rings. The fourth-order valence-corrected chi connectivity index (χ4v) is 2.69. The Morgan fingerprint density at radius 3 is 2.81 bits per heavy atom. The minimum Gasteiger partial charge on any atom is -0.494 e. The minimum atomic E-state index is -0.250. The van der Waals surface area contributed by atoms with E-state index in [4.69, 9.17) is 15.6 Å². The van der Waals surface area contributed by atoms with Crippen molar-refractivity contribution in [2.24, 2.45) is 5.73 Å². The van der Waals surface area contributed by atoms with E-state index in [2.05, 4.69) is 25.1 Å². The molecule has 3 nitrogen and oxygen atoms in total. The number of aliphatic hydroxyl groups is 1. The summed E-state index contributed by atoms with van der Waals surface area (Å²) in [6, 6.07) is 5.96. The zero-order valence-corrected chi connectivity index (χ0v) is 13.0. The van der Waals surface area contributed by atoms with Crippen LogP contribution >= 0.6 is 0 Å². The predicted molar refractivity (Wildman–Crippen MR) is 87.4 cm³/mol. The third-order valence-electron chi connectivity index (χ3n) is 4.04. The Morgan fingerprint density at radius 2 is 2.05 bits per heavy atom. The van der Waals surface area contributed by atoms with Gasteiger partial charge in [0.2, 0.25) is 0 Å². The van der Waals surface area contributed by atoms with Gasteiger partial charge < -0.3 is 15.6 Å². The van der Waals surface area contributed by atoms with Gasteiger partial charge in [0.25, 0.3) is 0 Å². The standard InChI is InChI=1S/C18H27NO2/c1-2-3-4-5-6-9-21-17-8-7-14-10-16(18(19)13-20)11-15(14)12-17/h7-8,10,12,18,20H,2-6,9,11,13,19H2,1H3/t18-/m0/s1. The zero-order valence-electron chi connectivity index (χ0n) is 13.0. The summed E-state index contributed by atoms with van der Waals surface area (Å²) in [5.74, 6) is 0.941. The van der Waals surface area contributed by atoms with Crippen LogP contribution in [0.2, 0.25) is 0 Å². The predicted octanol–water partition coefficient (Wildman–Crippen LogP) is 3.29. The molecule has 0 saturated carbocycles. The lowest BCUT2D eigenvalue weighted by Crippen LogP contribution is -2.26. The zero-order chi connectivity index (χ0) is 15.1. The lowest BCUT2D eigenvalue weighted by atomic mass is 10.1. The van der Waals surface area contributed by atoms with E-state index in [-0.39, 0.29) is 12.6 Å². The van der Waals surface area contributed by atoms with Gasteiger partial charge in [0, 0.05) is 6.04 Å². The van der Waals surface area contributed by atoms with E-state index >= 15 is 0 Å². The van der Waals surface area contributed by atoms with Crippen LogP contribution in [0.25, 0.3) is 6.08 Å². The number of hydrogen-bond acceptors (Lipinski definition) is 3. The lowest BCUT2D eigenvalue weighted by molar-refractivity contribution is 0.279. The van der Waals surface area contributed by atoms with Crippen LogP contribution < -0.4 is 10.5 Å². The topological polar surface area (TPSA) is 55.5 Å². The lowest BCUT2D eigenvalue weighted by Gasteiger charge is -2.09. The highest BCUT2D eigenvalue weighted by molar-refractivity contribution is 5.66. The number of aliphatic hydroxyl groups excluding tert-OH is 1. The molecule has 1 aromatic carbocycles. The maximum absolute atomic E-state index is 9.14. The van der Waals surface area contributed by atoms with Crippen molar-refractivity contribution in [3.05, 3.63) is 34.9 Å².